The molecule has 0 saturated carbocycles. The zero-order valence-corrected chi connectivity index (χ0v) is 22.4. The average molecular weight is 569 g/mol. The number of carboxylic acids is 1. The van der Waals surface area contributed by atoms with Crippen LogP contribution in [-0.2, 0) is 21.9 Å². The van der Waals surface area contributed by atoms with E-state index in [9.17, 15) is 19.5 Å². The van der Waals surface area contributed by atoms with Crippen molar-refractivity contribution in [1.82, 2.24) is 25.5 Å². The number of nitrogens with one attached hydrogen (secondary N) is 1. The van der Waals surface area contributed by atoms with Crippen LogP contribution in [0.5, 0.6) is 0 Å². The number of Topliss-reactive ketones (excluding diaryl/α,β-unsaturated/α-hetero) is 1. The summed E-state index contributed by atoms with van der Waals surface area (Å²) in [6.07, 6.45) is -0.579. The van der Waals surface area contributed by atoms with Crippen molar-refractivity contribution < 1.29 is 19.5 Å². The maximum atomic E-state index is 12.9. The maximum absolute atomic E-state index is 12.9. The Bertz CT molecular complexity index is 1220. The number of ketones is 1. The van der Waals surface area contributed by atoms with E-state index in [1.807, 2.05) is 49.3 Å². The van der Waals surface area contributed by atoms with Gasteiger partial charge in [0.05, 0.1) is 21.4 Å². The average Bonchev–Trinajstić information content (AvgIpc) is 3.26. The lowest BCUT2D eigenvalue weighted by molar-refractivity contribution is -0.139. The summed E-state index contributed by atoms with van der Waals surface area (Å²) in [6.45, 7) is -0.359. The van der Waals surface area contributed by atoms with Crippen LogP contribution in [0.3, 0.4) is 0 Å². The predicted molar refractivity (Wildman–Crippen MR) is 140 cm³/mol. The van der Waals surface area contributed by atoms with Crippen molar-refractivity contribution in [2.75, 3.05) is 19.0 Å². The highest BCUT2D eigenvalue weighted by Gasteiger charge is 2.26. The number of nitrogens with zero attached hydrogens (tertiary/aromatic N) is 5. The number of rotatable bonds is 11. The number of hydrogen-bond acceptors (Lipinski definition) is 9. The molecular formula is C22H22Cl2N6O4S2. The fraction of sp³-hybridized carbons (Fsp3) is 0.273. The molecule has 0 radical (unpaired) electrons. The summed E-state index contributed by atoms with van der Waals surface area (Å²) in [6, 6.07) is 11.5. The highest BCUT2D eigenvalue weighted by Crippen LogP contribution is 2.40. The Labute approximate surface area is 225 Å². The summed E-state index contributed by atoms with van der Waals surface area (Å²) in [7, 11) is 3.71. The first-order valence-electron chi connectivity index (χ1n) is 10.5. The normalized spacial score (nSPS) is 11.7. The van der Waals surface area contributed by atoms with Crippen molar-refractivity contribution in [3.63, 3.8) is 0 Å². The van der Waals surface area contributed by atoms with Gasteiger partial charge in [-0.2, -0.15) is 0 Å². The lowest BCUT2D eigenvalue weighted by Gasteiger charge is -2.16. The molecule has 0 aliphatic rings. The Balaban J connectivity index is 1.69. The molecule has 1 atom stereocenters. The van der Waals surface area contributed by atoms with Crippen molar-refractivity contribution in [2.45, 2.75) is 34.8 Å². The van der Waals surface area contributed by atoms with Crippen LogP contribution in [0.1, 0.15) is 12.0 Å². The molecule has 0 aliphatic heterocycles. The van der Waals surface area contributed by atoms with Gasteiger partial charge in [0, 0.05) is 25.5 Å². The molecule has 3 rings (SSSR count). The maximum Gasteiger partial charge on any atom is 0.305 e. The molecule has 10 nitrogen and oxygen atoms in total. The number of aromatic nitrogens is 4. The predicted octanol–water partition coefficient (Wildman–Crippen LogP) is 4.25. The highest BCUT2D eigenvalue weighted by molar-refractivity contribution is 8.12. The second-order valence-electron chi connectivity index (χ2n) is 7.68. The topological polar surface area (TPSA) is 130 Å². The van der Waals surface area contributed by atoms with Crippen LogP contribution in [-0.4, -0.2) is 62.4 Å². The number of halogens is 2. The van der Waals surface area contributed by atoms with E-state index in [0.717, 1.165) is 34.8 Å². The second-order valence-corrected chi connectivity index (χ2v) is 10.4. The smallest absolute Gasteiger partial charge is 0.305 e. The van der Waals surface area contributed by atoms with Gasteiger partial charge in [-0.1, -0.05) is 65.3 Å². The Morgan fingerprint density at radius 3 is 2.42 bits per heavy atom. The van der Waals surface area contributed by atoms with E-state index in [2.05, 4.69) is 20.8 Å². The van der Waals surface area contributed by atoms with Crippen LogP contribution in [0.15, 0.2) is 52.5 Å². The minimum atomic E-state index is -1.26. The molecular weight excluding hydrogens is 547 g/mol. The van der Waals surface area contributed by atoms with E-state index in [0.29, 0.717) is 20.7 Å². The van der Waals surface area contributed by atoms with Gasteiger partial charge >= 0.3 is 5.97 Å². The lowest BCUT2D eigenvalue weighted by Crippen LogP contribution is -2.42. The van der Waals surface area contributed by atoms with Gasteiger partial charge in [-0.05, 0) is 39.9 Å². The van der Waals surface area contributed by atoms with Gasteiger partial charge in [0.2, 0.25) is 5.16 Å². The SMILES string of the molecule is CN(C)c1cc(Cl)c(Sc2nnnn2CC(=O)C(CC(=O)O)NC(=O)SCc2ccccc2)c(Cl)c1. The third-order valence-corrected chi connectivity index (χ3v) is 7.57. The van der Waals surface area contributed by atoms with E-state index in [1.165, 1.54) is 4.68 Å². The Morgan fingerprint density at radius 2 is 1.81 bits per heavy atom. The van der Waals surface area contributed by atoms with Crippen molar-refractivity contribution in [2.24, 2.45) is 0 Å². The summed E-state index contributed by atoms with van der Waals surface area (Å²) in [5, 5.41) is 23.6. The van der Waals surface area contributed by atoms with Crippen molar-refractivity contribution in [3.8, 4) is 0 Å². The third kappa shape index (κ3) is 7.85. The van der Waals surface area contributed by atoms with E-state index in [1.54, 1.807) is 12.1 Å². The van der Waals surface area contributed by atoms with Crippen molar-refractivity contribution in [1.29, 1.82) is 0 Å². The minimum Gasteiger partial charge on any atom is -0.481 e. The Morgan fingerprint density at radius 1 is 1.14 bits per heavy atom. The molecule has 0 spiro atoms. The van der Waals surface area contributed by atoms with E-state index in [-0.39, 0.29) is 11.7 Å². The lowest BCUT2D eigenvalue weighted by atomic mass is 10.1. The molecule has 14 heteroatoms. The number of hydrogen-bond donors (Lipinski definition) is 2. The number of carbonyl (C=O) groups is 3. The molecule has 0 saturated heterocycles. The van der Waals surface area contributed by atoms with Crippen LogP contribution in [0, 0.1) is 0 Å². The van der Waals surface area contributed by atoms with Gasteiger partial charge < -0.3 is 15.3 Å². The molecule has 2 aromatic carbocycles. The first-order chi connectivity index (χ1) is 17.1. The quantitative estimate of drug-likeness (QED) is 0.346. The standard InChI is InChI=1S/C22H22Cl2N6O4S2/c1-29(2)14-8-15(23)20(16(24)9-14)36-21-26-27-28-30(21)11-18(31)17(10-19(32)33)25-22(34)35-12-13-6-4-3-5-7-13/h3-9,17H,10-12H2,1-2H3,(H,25,34)(H,32,33). The van der Waals surface area contributed by atoms with Gasteiger partial charge in [0.1, 0.15) is 12.6 Å². The minimum absolute atomic E-state index is 0.226. The first kappa shape index (κ1) is 27.8. The fourth-order valence-electron chi connectivity index (χ4n) is 2.95. The molecule has 1 unspecified atom stereocenters. The van der Waals surface area contributed by atoms with Gasteiger partial charge in [-0.15, -0.1) is 5.10 Å². The zero-order chi connectivity index (χ0) is 26.2. The van der Waals surface area contributed by atoms with Crippen molar-refractivity contribution in [3.05, 3.63) is 58.1 Å². The third-order valence-electron chi connectivity index (χ3n) is 4.77. The molecule has 0 fully saturated rings. The first-order valence-corrected chi connectivity index (χ1v) is 13.0. The number of benzene rings is 2. The molecule has 0 aliphatic carbocycles. The van der Waals surface area contributed by atoms with Crippen LogP contribution in [0.25, 0.3) is 0 Å². The molecule has 1 aromatic heterocycles. The highest BCUT2D eigenvalue weighted by atomic mass is 35.5. The molecule has 3 aromatic rings. The van der Waals surface area contributed by atoms with Crippen LogP contribution < -0.4 is 10.2 Å². The number of tetrazole rings is 1. The molecule has 1 amide bonds. The molecule has 0 bridgehead atoms. The monoisotopic (exact) mass is 568 g/mol. The second kappa shape index (κ2) is 12.9. The molecule has 1 heterocycles. The number of carboxylic acid groups (broad SMARTS) is 1. The largest absolute Gasteiger partial charge is 0.481 e. The summed E-state index contributed by atoms with van der Waals surface area (Å²) in [4.78, 5) is 39.0. The van der Waals surface area contributed by atoms with Crippen molar-refractivity contribution >= 4 is 69.4 Å². The van der Waals surface area contributed by atoms with E-state index >= 15 is 0 Å². The Hall–Kier alpha value is -2.80. The van der Waals surface area contributed by atoms with Gasteiger partial charge in [-0.3, -0.25) is 14.4 Å². The molecule has 36 heavy (non-hydrogen) atoms. The Kier molecular flexibility index (Phi) is 9.99. The zero-order valence-electron chi connectivity index (χ0n) is 19.2. The number of carbonyl (C=O) groups excluding carboxylic acids is 2. The van der Waals surface area contributed by atoms with Crippen LogP contribution in [0.4, 0.5) is 10.5 Å². The molecule has 2 N–H and O–H groups in total. The molecule has 190 valence electrons. The van der Waals surface area contributed by atoms with Gasteiger partial charge in [0.15, 0.2) is 5.78 Å². The van der Waals surface area contributed by atoms with E-state index < -0.39 is 29.5 Å². The number of anilines is 1. The summed E-state index contributed by atoms with van der Waals surface area (Å²) >= 11 is 14.8. The van der Waals surface area contributed by atoms with Crippen LogP contribution >= 0.6 is 46.7 Å². The fourth-order valence-corrected chi connectivity index (χ4v) is 5.15. The van der Waals surface area contributed by atoms with Gasteiger partial charge in [-0.25, -0.2) is 4.68 Å². The number of amides is 1. The summed E-state index contributed by atoms with van der Waals surface area (Å²) < 4.78 is 1.21. The summed E-state index contributed by atoms with van der Waals surface area (Å²) in [5.41, 5.74) is 1.73. The number of thioether (sulfide) groups is 1. The summed E-state index contributed by atoms with van der Waals surface area (Å²) in [5.74, 6) is -1.42. The van der Waals surface area contributed by atoms with E-state index in [4.69, 9.17) is 23.2 Å². The van der Waals surface area contributed by atoms with Crippen LogP contribution in [0.2, 0.25) is 10.0 Å². The van der Waals surface area contributed by atoms with Gasteiger partial charge in [0.25, 0.3) is 5.24 Å². The number of aliphatic carboxylic acids is 1.